The SMILES string of the molecule is O[C@@H]1C[C@@H]2C=C[C@H]3C[C@H](O)C1C23. The first-order valence-electron chi connectivity index (χ1n) is 4.82. The molecule has 2 fully saturated rings. The van der Waals surface area contributed by atoms with Crippen molar-refractivity contribution in [3.8, 4) is 0 Å². The molecule has 3 rings (SSSR count). The van der Waals surface area contributed by atoms with Gasteiger partial charge < -0.3 is 10.2 Å². The molecule has 0 amide bonds. The largest absolute Gasteiger partial charge is 0.393 e. The van der Waals surface area contributed by atoms with Crippen LogP contribution in [0.3, 0.4) is 0 Å². The summed E-state index contributed by atoms with van der Waals surface area (Å²) in [4.78, 5) is 0. The Kier molecular flexibility index (Phi) is 1.25. The molecule has 66 valence electrons. The van der Waals surface area contributed by atoms with E-state index in [1.54, 1.807) is 0 Å². The molecule has 2 saturated carbocycles. The van der Waals surface area contributed by atoms with E-state index < -0.39 is 0 Å². The van der Waals surface area contributed by atoms with Crippen molar-refractivity contribution in [2.24, 2.45) is 23.7 Å². The van der Waals surface area contributed by atoms with Crippen molar-refractivity contribution >= 4 is 0 Å². The first-order chi connectivity index (χ1) is 5.77. The molecule has 0 bridgehead atoms. The van der Waals surface area contributed by atoms with E-state index in [9.17, 15) is 10.2 Å². The Bertz CT molecular complexity index is 214. The molecule has 0 spiro atoms. The van der Waals surface area contributed by atoms with Crippen molar-refractivity contribution in [1.82, 2.24) is 0 Å². The van der Waals surface area contributed by atoms with Gasteiger partial charge in [0.05, 0.1) is 12.2 Å². The third-order valence-electron chi connectivity index (χ3n) is 3.95. The van der Waals surface area contributed by atoms with Gasteiger partial charge in [0.2, 0.25) is 0 Å². The van der Waals surface area contributed by atoms with Crippen LogP contribution in [0.25, 0.3) is 0 Å². The Hall–Kier alpha value is -0.340. The maximum Gasteiger partial charge on any atom is 0.0601 e. The maximum atomic E-state index is 9.70. The van der Waals surface area contributed by atoms with Gasteiger partial charge in [-0.3, -0.25) is 0 Å². The van der Waals surface area contributed by atoms with E-state index in [1.807, 2.05) is 0 Å². The van der Waals surface area contributed by atoms with E-state index in [4.69, 9.17) is 0 Å². The number of allylic oxidation sites excluding steroid dienone is 2. The molecular weight excluding hydrogens is 152 g/mol. The van der Waals surface area contributed by atoms with Crippen LogP contribution in [0.1, 0.15) is 12.8 Å². The van der Waals surface area contributed by atoms with Crippen molar-refractivity contribution < 1.29 is 10.2 Å². The lowest BCUT2D eigenvalue weighted by Gasteiger charge is -2.17. The van der Waals surface area contributed by atoms with Gasteiger partial charge in [-0.05, 0) is 30.6 Å². The summed E-state index contributed by atoms with van der Waals surface area (Å²) in [5.74, 6) is 1.87. The maximum absolute atomic E-state index is 9.70. The van der Waals surface area contributed by atoms with Crippen molar-refractivity contribution in [3.63, 3.8) is 0 Å². The fraction of sp³-hybridized carbons (Fsp3) is 0.800. The Labute approximate surface area is 71.9 Å². The lowest BCUT2D eigenvalue weighted by atomic mass is 9.91. The lowest BCUT2D eigenvalue weighted by Crippen LogP contribution is -2.25. The molecule has 3 aliphatic rings. The van der Waals surface area contributed by atoms with Crippen molar-refractivity contribution in [2.75, 3.05) is 0 Å². The van der Waals surface area contributed by atoms with Gasteiger partial charge in [-0.25, -0.2) is 0 Å². The molecule has 0 aromatic rings. The highest BCUT2D eigenvalue weighted by Gasteiger charge is 2.54. The molecule has 0 aromatic heterocycles. The molecule has 2 nitrogen and oxygen atoms in total. The number of aliphatic hydroxyl groups excluding tert-OH is 2. The summed E-state index contributed by atoms with van der Waals surface area (Å²) in [6, 6.07) is 0. The zero-order valence-corrected chi connectivity index (χ0v) is 6.93. The highest BCUT2D eigenvalue weighted by atomic mass is 16.3. The Morgan fingerprint density at radius 3 is 1.83 bits per heavy atom. The zero-order chi connectivity index (χ0) is 8.29. The van der Waals surface area contributed by atoms with Gasteiger partial charge >= 0.3 is 0 Å². The summed E-state index contributed by atoms with van der Waals surface area (Å²) in [5.41, 5.74) is 0. The predicted molar refractivity (Wildman–Crippen MR) is 44.3 cm³/mol. The van der Waals surface area contributed by atoms with E-state index in [1.165, 1.54) is 0 Å². The van der Waals surface area contributed by atoms with Crippen LogP contribution in [-0.4, -0.2) is 22.4 Å². The molecule has 2 N–H and O–H groups in total. The molecule has 12 heavy (non-hydrogen) atoms. The average Bonchev–Trinajstić information content (AvgIpc) is 2.57. The second-order valence-corrected chi connectivity index (χ2v) is 4.47. The third-order valence-corrected chi connectivity index (χ3v) is 3.95. The molecular formula is C10H14O2. The monoisotopic (exact) mass is 166 g/mol. The van der Waals surface area contributed by atoms with Crippen LogP contribution in [0, 0.1) is 23.7 Å². The van der Waals surface area contributed by atoms with E-state index in [0.717, 1.165) is 12.8 Å². The molecule has 2 heteroatoms. The molecule has 0 aromatic carbocycles. The normalized spacial score (nSPS) is 61.2. The fourth-order valence-corrected chi connectivity index (χ4v) is 3.54. The fourth-order valence-electron chi connectivity index (χ4n) is 3.54. The smallest absolute Gasteiger partial charge is 0.0601 e. The zero-order valence-electron chi connectivity index (χ0n) is 6.93. The minimum absolute atomic E-state index is 0.176. The van der Waals surface area contributed by atoms with Crippen molar-refractivity contribution in [1.29, 1.82) is 0 Å². The number of hydrogen-bond acceptors (Lipinski definition) is 2. The lowest BCUT2D eigenvalue weighted by molar-refractivity contribution is 0.0401. The van der Waals surface area contributed by atoms with E-state index >= 15 is 0 Å². The minimum atomic E-state index is -0.245. The van der Waals surface area contributed by atoms with Crippen LogP contribution in [0.4, 0.5) is 0 Å². The average molecular weight is 166 g/mol. The standard InChI is InChI=1S/C10H14O2/c11-7-3-5-1-2-6-4-8(12)10(7)9(5)6/h1-2,5-12H,3-4H2/t5-,6-,7-,8+,9?,10?/m0/s1. The second kappa shape index (κ2) is 2.12. The Morgan fingerprint density at radius 1 is 0.833 bits per heavy atom. The highest BCUT2D eigenvalue weighted by molar-refractivity contribution is 5.18. The predicted octanol–water partition coefficient (Wildman–Crippen LogP) is 0.550. The Morgan fingerprint density at radius 2 is 1.33 bits per heavy atom. The quantitative estimate of drug-likeness (QED) is 0.516. The minimum Gasteiger partial charge on any atom is -0.393 e. The van der Waals surface area contributed by atoms with E-state index in [-0.39, 0.29) is 18.1 Å². The Balaban J connectivity index is 1.99. The first-order valence-corrected chi connectivity index (χ1v) is 4.82. The van der Waals surface area contributed by atoms with Gasteiger partial charge in [-0.2, -0.15) is 0 Å². The molecule has 0 saturated heterocycles. The third kappa shape index (κ3) is 0.679. The van der Waals surface area contributed by atoms with Crippen LogP contribution in [0.5, 0.6) is 0 Å². The first kappa shape index (κ1) is 7.10. The molecule has 3 aliphatic carbocycles. The van der Waals surface area contributed by atoms with Crippen LogP contribution in [0.15, 0.2) is 12.2 Å². The number of rotatable bonds is 0. The number of aliphatic hydroxyl groups is 2. The highest BCUT2D eigenvalue weighted by Crippen LogP contribution is 2.55. The van der Waals surface area contributed by atoms with Crippen LogP contribution >= 0.6 is 0 Å². The van der Waals surface area contributed by atoms with Crippen LogP contribution in [-0.2, 0) is 0 Å². The topological polar surface area (TPSA) is 40.5 Å². The summed E-state index contributed by atoms with van der Waals surface area (Å²) in [7, 11) is 0. The summed E-state index contributed by atoms with van der Waals surface area (Å²) in [5, 5.41) is 19.4. The van der Waals surface area contributed by atoms with Crippen molar-refractivity contribution in [3.05, 3.63) is 12.2 Å². The van der Waals surface area contributed by atoms with E-state index in [2.05, 4.69) is 12.2 Å². The van der Waals surface area contributed by atoms with Gasteiger partial charge in [-0.1, -0.05) is 12.2 Å². The summed E-state index contributed by atoms with van der Waals surface area (Å²) >= 11 is 0. The molecule has 2 unspecified atom stereocenters. The second-order valence-electron chi connectivity index (χ2n) is 4.47. The van der Waals surface area contributed by atoms with Gasteiger partial charge in [0, 0.05) is 5.92 Å². The number of hydrogen-bond donors (Lipinski definition) is 2. The van der Waals surface area contributed by atoms with Gasteiger partial charge in [-0.15, -0.1) is 0 Å². The summed E-state index contributed by atoms with van der Waals surface area (Å²) in [6.07, 6.45) is 5.74. The molecule has 0 heterocycles. The summed E-state index contributed by atoms with van der Waals surface area (Å²) in [6.45, 7) is 0. The summed E-state index contributed by atoms with van der Waals surface area (Å²) < 4.78 is 0. The van der Waals surface area contributed by atoms with Gasteiger partial charge in [0.15, 0.2) is 0 Å². The van der Waals surface area contributed by atoms with Crippen LogP contribution < -0.4 is 0 Å². The van der Waals surface area contributed by atoms with E-state index in [0.29, 0.717) is 17.8 Å². The molecule has 0 aliphatic heterocycles. The van der Waals surface area contributed by atoms with Gasteiger partial charge in [0.25, 0.3) is 0 Å². The van der Waals surface area contributed by atoms with Crippen molar-refractivity contribution in [2.45, 2.75) is 25.0 Å². The molecule has 6 atom stereocenters. The van der Waals surface area contributed by atoms with Crippen LogP contribution in [0.2, 0.25) is 0 Å². The van der Waals surface area contributed by atoms with Gasteiger partial charge in [0.1, 0.15) is 0 Å². The molecule has 0 radical (unpaired) electrons.